The van der Waals surface area contributed by atoms with E-state index in [1.165, 1.54) is 4.90 Å². The molecule has 0 saturated heterocycles. The van der Waals surface area contributed by atoms with E-state index >= 15 is 0 Å². The number of nitrogens with zero attached hydrogens (tertiary/aromatic N) is 2. The molecule has 0 bridgehead atoms. The van der Waals surface area contributed by atoms with Crippen LogP contribution in [0.3, 0.4) is 0 Å². The molecule has 1 unspecified atom stereocenters. The van der Waals surface area contributed by atoms with Crippen LogP contribution in [0, 0.1) is 6.92 Å². The van der Waals surface area contributed by atoms with Crippen LogP contribution in [-0.2, 0) is 20.9 Å². The standard InChI is InChI=1S/C28H33ClN4O5/c1-18-16-23(32-38-18)30-24(34)14-15-25(35)33(17-19-10-12-20(37-5)13-11-19)26(27(36)31-28(2,3)4)21-8-6-7-9-22(21)29/h6-13,16,26H,14-15,17H2,1-5H3,(H,31,36)(H,30,32,34). The van der Waals surface area contributed by atoms with Gasteiger partial charge in [-0.05, 0) is 51.5 Å². The van der Waals surface area contributed by atoms with Gasteiger partial charge in [0.05, 0.1) is 7.11 Å². The van der Waals surface area contributed by atoms with Gasteiger partial charge in [-0.25, -0.2) is 0 Å². The minimum absolute atomic E-state index is 0.111. The first kappa shape index (κ1) is 28.7. The predicted molar refractivity (Wildman–Crippen MR) is 145 cm³/mol. The molecule has 3 rings (SSSR count). The number of carbonyl (C=O) groups excluding carboxylic acids is 3. The summed E-state index contributed by atoms with van der Waals surface area (Å²) >= 11 is 6.53. The normalized spacial score (nSPS) is 11.9. The van der Waals surface area contributed by atoms with Crippen LogP contribution in [0.2, 0.25) is 5.02 Å². The first-order valence-corrected chi connectivity index (χ1v) is 12.6. The van der Waals surface area contributed by atoms with Gasteiger partial charge in [0, 0.05) is 41.6 Å². The molecule has 3 aromatic rings. The molecule has 2 aromatic carbocycles. The highest BCUT2D eigenvalue weighted by Gasteiger charge is 2.34. The first-order chi connectivity index (χ1) is 18.0. The predicted octanol–water partition coefficient (Wildman–Crippen LogP) is 5.05. The Morgan fingerprint density at radius 1 is 1.08 bits per heavy atom. The highest BCUT2D eigenvalue weighted by molar-refractivity contribution is 6.31. The fraction of sp³-hybridized carbons (Fsp3) is 0.357. The Morgan fingerprint density at radius 3 is 2.34 bits per heavy atom. The molecule has 0 aliphatic rings. The molecule has 38 heavy (non-hydrogen) atoms. The van der Waals surface area contributed by atoms with Crippen molar-refractivity contribution in [3.05, 3.63) is 76.5 Å². The van der Waals surface area contributed by atoms with Crippen LogP contribution in [-0.4, -0.2) is 40.4 Å². The van der Waals surface area contributed by atoms with Crippen molar-refractivity contribution >= 4 is 35.1 Å². The minimum Gasteiger partial charge on any atom is -0.497 e. The number of ether oxygens (including phenoxy) is 1. The summed E-state index contributed by atoms with van der Waals surface area (Å²) in [5.74, 6) is 0.322. The number of anilines is 1. The van der Waals surface area contributed by atoms with Gasteiger partial charge in [0.2, 0.25) is 17.7 Å². The molecule has 0 aliphatic carbocycles. The van der Waals surface area contributed by atoms with Gasteiger partial charge in [0.1, 0.15) is 17.6 Å². The average Bonchev–Trinajstić information content (AvgIpc) is 3.26. The van der Waals surface area contributed by atoms with Gasteiger partial charge >= 0.3 is 0 Å². The third-order valence-corrected chi connectivity index (χ3v) is 5.90. The third-order valence-electron chi connectivity index (χ3n) is 5.55. The maximum Gasteiger partial charge on any atom is 0.247 e. The fourth-order valence-corrected chi connectivity index (χ4v) is 4.07. The van der Waals surface area contributed by atoms with Crippen LogP contribution in [0.15, 0.2) is 59.1 Å². The Hall–Kier alpha value is -3.85. The van der Waals surface area contributed by atoms with Gasteiger partial charge in [0.15, 0.2) is 5.82 Å². The zero-order valence-corrected chi connectivity index (χ0v) is 23.0. The molecule has 1 atom stereocenters. The molecule has 0 spiro atoms. The lowest BCUT2D eigenvalue weighted by Gasteiger charge is -2.34. The molecule has 0 aliphatic heterocycles. The second-order valence-electron chi connectivity index (χ2n) is 9.90. The zero-order valence-electron chi connectivity index (χ0n) is 22.2. The molecule has 10 heteroatoms. The van der Waals surface area contributed by atoms with E-state index in [9.17, 15) is 14.4 Å². The number of benzene rings is 2. The minimum atomic E-state index is -1.03. The number of aryl methyl sites for hydroxylation is 1. The van der Waals surface area contributed by atoms with Crippen molar-refractivity contribution < 1.29 is 23.6 Å². The van der Waals surface area contributed by atoms with E-state index in [-0.39, 0.29) is 37.0 Å². The number of halogens is 1. The van der Waals surface area contributed by atoms with Crippen LogP contribution in [0.5, 0.6) is 5.75 Å². The van der Waals surface area contributed by atoms with Gasteiger partial charge in [0.25, 0.3) is 0 Å². The molecule has 0 saturated carbocycles. The number of methoxy groups -OCH3 is 1. The lowest BCUT2D eigenvalue weighted by molar-refractivity contribution is -0.142. The molecule has 1 heterocycles. The summed E-state index contributed by atoms with van der Waals surface area (Å²) in [7, 11) is 1.57. The number of amides is 3. The molecular formula is C28H33ClN4O5. The van der Waals surface area contributed by atoms with Crippen LogP contribution < -0.4 is 15.4 Å². The van der Waals surface area contributed by atoms with E-state index in [4.69, 9.17) is 20.9 Å². The Bertz CT molecular complexity index is 1270. The van der Waals surface area contributed by atoms with Gasteiger partial charge in [-0.1, -0.05) is 47.1 Å². The Labute approximate surface area is 227 Å². The highest BCUT2D eigenvalue weighted by atomic mass is 35.5. The van der Waals surface area contributed by atoms with Gasteiger partial charge in [-0.2, -0.15) is 0 Å². The number of hydrogen-bond donors (Lipinski definition) is 2. The fourth-order valence-electron chi connectivity index (χ4n) is 3.83. The molecule has 2 N–H and O–H groups in total. The number of nitrogens with one attached hydrogen (secondary N) is 2. The molecular weight excluding hydrogens is 508 g/mol. The lowest BCUT2D eigenvalue weighted by atomic mass is 10.00. The quantitative estimate of drug-likeness (QED) is 0.372. The summed E-state index contributed by atoms with van der Waals surface area (Å²) in [6.45, 7) is 7.40. The van der Waals surface area contributed by atoms with Crippen molar-refractivity contribution in [3.63, 3.8) is 0 Å². The van der Waals surface area contributed by atoms with Crippen LogP contribution in [0.4, 0.5) is 5.82 Å². The third kappa shape index (κ3) is 8.08. The SMILES string of the molecule is COc1ccc(CN(C(=O)CCC(=O)Nc2cc(C)on2)C(C(=O)NC(C)(C)C)c2ccccc2Cl)cc1. The largest absolute Gasteiger partial charge is 0.497 e. The number of aromatic nitrogens is 1. The van der Waals surface area contributed by atoms with Crippen molar-refractivity contribution in [1.82, 2.24) is 15.4 Å². The summed E-state index contributed by atoms with van der Waals surface area (Å²) in [5.41, 5.74) is 0.712. The lowest BCUT2D eigenvalue weighted by Crippen LogP contribution is -2.49. The van der Waals surface area contributed by atoms with Crippen molar-refractivity contribution in [2.45, 2.75) is 58.7 Å². The molecule has 1 aromatic heterocycles. The Balaban J connectivity index is 1.92. The summed E-state index contributed by atoms with van der Waals surface area (Å²) in [4.78, 5) is 41.3. The smallest absolute Gasteiger partial charge is 0.247 e. The number of hydrogen-bond acceptors (Lipinski definition) is 6. The van der Waals surface area contributed by atoms with E-state index in [2.05, 4.69) is 15.8 Å². The molecule has 9 nitrogen and oxygen atoms in total. The topological polar surface area (TPSA) is 114 Å². The second kappa shape index (κ2) is 12.6. The maximum atomic E-state index is 13.7. The van der Waals surface area contributed by atoms with E-state index in [0.717, 1.165) is 5.56 Å². The van der Waals surface area contributed by atoms with Crippen LogP contribution >= 0.6 is 11.6 Å². The Morgan fingerprint density at radius 2 is 1.76 bits per heavy atom. The number of carbonyl (C=O) groups is 3. The summed E-state index contributed by atoms with van der Waals surface area (Å²) in [5, 5.41) is 9.69. The molecule has 202 valence electrons. The monoisotopic (exact) mass is 540 g/mol. The van der Waals surface area contributed by atoms with E-state index < -0.39 is 17.5 Å². The molecule has 0 fully saturated rings. The van der Waals surface area contributed by atoms with Crippen molar-refractivity contribution in [3.8, 4) is 5.75 Å². The second-order valence-corrected chi connectivity index (χ2v) is 10.3. The van der Waals surface area contributed by atoms with E-state index in [0.29, 0.717) is 22.1 Å². The summed E-state index contributed by atoms with van der Waals surface area (Å²) in [6, 6.07) is 14.7. The maximum absolute atomic E-state index is 13.7. The van der Waals surface area contributed by atoms with Crippen molar-refractivity contribution in [2.75, 3.05) is 12.4 Å². The van der Waals surface area contributed by atoms with Crippen LogP contribution in [0.1, 0.15) is 56.5 Å². The van der Waals surface area contributed by atoms with Gasteiger partial charge < -0.3 is 24.8 Å². The zero-order chi connectivity index (χ0) is 27.9. The Kier molecular flexibility index (Phi) is 9.52. The average molecular weight is 541 g/mol. The molecule has 3 amide bonds. The molecule has 0 radical (unpaired) electrons. The highest BCUT2D eigenvalue weighted by Crippen LogP contribution is 2.31. The van der Waals surface area contributed by atoms with Crippen molar-refractivity contribution in [2.24, 2.45) is 0 Å². The van der Waals surface area contributed by atoms with Crippen molar-refractivity contribution in [1.29, 1.82) is 0 Å². The van der Waals surface area contributed by atoms with Gasteiger partial charge in [-0.15, -0.1) is 0 Å². The number of rotatable bonds is 10. The van der Waals surface area contributed by atoms with E-state index in [1.54, 1.807) is 56.5 Å². The van der Waals surface area contributed by atoms with Gasteiger partial charge in [-0.3, -0.25) is 14.4 Å². The van der Waals surface area contributed by atoms with E-state index in [1.807, 2.05) is 32.9 Å². The first-order valence-electron chi connectivity index (χ1n) is 12.2. The summed E-state index contributed by atoms with van der Waals surface area (Å²) < 4.78 is 10.2. The summed E-state index contributed by atoms with van der Waals surface area (Å²) in [6.07, 6.45) is -0.247. The van der Waals surface area contributed by atoms with Crippen LogP contribution in [0.25, 0.3) is 0 Å².